The maximum atomic E-state index is 11.8. The van der Waals surface area contributed by atoms with Crippen LogP contribution in [0.1, 0.15) is 25.7 Å². The molecule has 0 aromatic carbocycles. The summed E-state index contributed by atoms with van der Waals surface area (Å²) in [5.74, 6) is 1.62. The third-order valence-corrected chi connectivity index (χ3v) is 4.09. The third-order valence-electron chi connectivity index (χ3n) is 4.09. The van der Waals surface area contributed by atoms with Gasteiger partial charge in [0.2, 0.25) is 5.75 Å². The molecule has 1 aromatic rings. The first-order valence-corrected chi connectivity index (χ1v) is 7.38. The zero-order valence-electron chi connectivity index (χ0n) is 11.9. The molecule has 1 aliphatic carbocycles. The van der Waals surface area contributed by atoms with E-state index in [2.05, 4.69) is 20.2 Å². The molecule has 0 spiro atoms. The van der Waals surface area contributed by atoms with Crippen LogP contribution in [0, 0.1) is 5.92 Å². The second-order valence-electron chi connectivity index (χ2n) is 5.73. The molecule has 2 aliphatic rings. The van der Waals surface area contributed by atoms with Gasteiger partial charge in [-0.3, -0.25) is 4.79 Å². The van der Waals surface area contributed by atoms with Crippen molar-refractivity contribution in [1.29, 1.82) is 0 Å². The van der Waals surface area contributed by atoms with Crippen LogP contribution in [0.25, 0.3) is 0 Å². The lowest BCUT2D eigenvalue weighted by molar-refractivity contribution is 0.376. The average Bonchev–Trinajstić information content (AvgIpc) is 3.29. The highest BCUT2D eigenvalue weighted by molar-refractivity contribution is 5.50. The molecule has 6 heteroatoms. The topological polar surface area (TPSA) is 70.2 Å². The quantitative estimate of drug-likeness (QED) is 0.831. The number of methoxy groups -OCH3 is 1. The van der Waals surface area contributed by atoms with Crippen LogP contribution in [0.2, 0.25) is 0 Å². The molecule has 2 heterocycles. The van der Waals surface area contributed by atoms with Crippen LogP contribution in [0.5, 0.6) is 5.75 Å². The number of hydrogen-bond acceptors (Lipinski definition) is 5. The molecule has 1 saturated heterocycles. The number of rotatable bonds is 5. The maximum absolute atomic E-state index is 11.8. The smallest absolute Gasteiger partial charge is 0.295 e. The number of aromatic nitrogens is 2. The van der Waals surface area contributed by atoms with Crippen molar-refractivity contribution in [2.45, 2.75) is 31.7 Å². The first kappa shape index (κ1) is 13.4. The Kier molecular flexibility index (Phi) is 3.91. The van der Waals surface area contributed by atoms with Crippen molar-refractivity contribution in [2.75, 3.05) is 31.6 Å². The molecule has 1 aromatic heterocycles. The highest BCUT2D eigenvalue weighted by atomic mass is 16.5. The molecule has 1 unspecified atom stereocenters. The fraction of sp³-hybridized carbons (Fsp3) is 0.714. The van der Waals surface area contributed by atoms with E-state index in [-0.39, 0.29) is 5.56 Å². The molecule has 0 bridgehead atoms. The molecule has 6 nitrogen and oxygen atoms in total. The zero-order chi connectivity index (χ0) is 13.9. The summed E-state index contributed by atoms with van der Waals surface area (Å²) >= 11 is 0. The Labute approximate surface area is 118 Å². The Morgan fingerprint density at radius 2 is 2.35 bits per heavy atom. The van der Waals surface area contributed by atoms with Gasteiger partial charge in [0.1, 0.15) is 0 Å². The minimum absolute atomic E-state index is 0.212. The number of anilines is 1. The average molecular weight is 278 g/mol. The van der Waals surface area contributed by atoms with Crippen LogP contribution in [-0.4, -0.2) is 42.8 Å². The molecule has 1 saturated carbocycles. The molecule has 0 radical (unpaired) electrons. The van der Waals surface area contributed by atoms with Crippen molar-refractivity contribution in [3.63, 3.8) is 0 Å². The normalized spacial score (nSPS) is 22.9. The Balaban J connectivity index is 1.69. The lowest BCUT2D eigenvalue weighted by Crippen LogP contribution is -2.41. The Morgan fingerprint density at radius 1 is 1.50 bits per heavy atom. The SMILES string of the molecule is COc1c(N2CCCC(CNC3CC3)C2)nc[nH]c1=O. The standard InChI is InChI=1S/C14H22N4O2/c1-20-12-13(16-9-17-14(12)19)18-6-2-3-10(8-18)7-15-11-4-5-11/h9-11,15H,2-8H2,1H3,(H,16,17,19). The van der Waals surface area contributed by atoms with Gasteiger partial charge < -0.3 is 19.9 Å². The van der Waals surface area contributed by atoms with E-state index in [0.29, 0.717) is 17.5 Å². The van der Waals surface area contributed by atoms with Crippen molar-refractivity contribution in [3.05, 3.63) is 16.7 Å². The van der Waals surface area contributed by atoms with Gasteiger partial charge in [-0.15, -0.1) is 0 Å². The van der Waals surface area contributed by atoms with E-state index >= 15 is 0 Å². The van der Waals surface area contributed by atoms with Crippen LogP contribution in [0.4, 0.5) is 5.82 Å². The van der Waals surface area contributed by atoms with Gasteiger partial charge in [0.25, 0.3) is 5.56 Å². The van der Waals surface area contributed by atoms with E-state index in [1.807, 2.05) is 0 Å². The summed E-state index contributed by atoms with van der Waals surface area (Å²) < 4.78 is 5.21. The lowest BCUT2D eigenvalue weighted by Gasteiger charge is -2.34. The third kappa shape index (κ3) is 2.95. The molecule has 3 rings (SSSR count). The fourth-order valence-corrected chi connectivity index (χ4v) is 2.83. The van der Waals surface area contributed by atoms with Crippen LogP contribution in [0.3, 0.4) is 0 Å². The minimum Gasteiger partial charge on any atom is -0.489 e. The molecule has 110 valence electrons. The summed E-state index contributed by atoms with van der Waals surface area (Å²) in [7, 11) is 1.52. The Bertz CT molecular complexity index is 512. The Morgan fingerprint density at radius 3 is 3.10 bits per heavy atom. The number of aromatic amines is 1. The van der Waals surface area contributed by atoms with Crippen molar-refractivity contribution in [1.82, 2.24) is 15.3 Å². The van der Waals surface area contributed by atoms with Crippen LogP contribution in [0.15, 0.2) is 11.1 Å². The van der Waals surface area contributed by atoms with Gasteiger partial charge in [-0.2, -0.15) is 0 Å². The molecule has 2 N–H and O–H groups in total. The van der Waals surface area contributed by atoms with Crippen molar-refractivity contribution < 1.29 is 4.74 Å². The van der Waals surface area contributed by atoms with Gasteiger partial charge in [0.05, 0.1) is 13.4 Å². The minimum atomic E-state index is -0.212. The predicted octanol–water partition coefficient (Wildman–Crippen LogP) is 0.747. The van der Waals surface area contributed by atoms with E-state index in [0.717, 1.165) is 32.1 Å². The summed E-state index contributed by atoms with van der Waals surface area (Å²) in [5, 5.41) is 3.59. The lowest BCUT2D eigenvalue weighted by atomic mass is 9.98. The number of nitrogens with zero attached hydrogens (tertiary/aromatic N) is 2. The van der Waals surface area contributed by atoms with Crippen molar-refractivity contribution >= 4 is 5.82 Å². The summed E-state index contributed by atoms with van der Waals surface area (Å²) in [6, 6.07) is 0.748. The first-order chi connectivity index (χ1) is 9.78. The number of ether oxygens (including phenoxy) is 1. The number of nitrogens with one attached hydrogen (secondary N) is 2. The Hall–Kier alpha value is -1.56. The molecule has 1 aliphatic heterocycles. The summed E-state index contributed by atoms with van der Waals surface area (Å²) in [4.78, 5) is 20.8. The molecular formula is C14H22N4O2. The summed E-state index contributed by atoms with van der Waals surface area (Å²) in [5.41, 5.74) is -0.212. The van der Waals surface area contributed by atoms with Crippen LogP contribution in [-0.2, 0) is 0 Å². The largest absolute Gasteiger partial charge is 0.489 e. The van der Waals surface area contributed by atoms with Gasteiger partial charge in [-0.1, -0.05) is 0 Å². The second-order valence-corrected chi connectivity index (χ2v) is 5.73. The highest BCUT2D eigenvalue weighted by Gasteiger charge is 2.26. The van der Waals surface area contributed by atoms with E-state index in [4.69, 9.17) is 4.74 Å². The monoisotopic (exact) mass is 278 g/mol. The molecule has 20 heavy (non-hydrogen) atoms. The van der Waals surface area contributed by atoms with Gasteiger partial charge in [-0.25, -0.2) is 4.98 Å². The molecular weight excluding hydrogens is 256 g/mol. The second kappa shape index (κ2) is 5.83. The van der Waals surface area contributed by atoms with E-state index < -0.39 is 0 Å². The van der Waals surface area contributed by atoms with Gasteiger partial charge in [0, 0.05) is 19.1 Å². The van der Waals surface area contributed by atoms with Gasteiger partial charge in [0.15, 0.2) is 5.82 Å². The summed E-state index contributed by atoms with van der Waals surface area (Å²) in [6.45, 7) is 2.94. The maximum Gasteiger partial charge on any atom is 0.295 e. The summed E-state index contributed by atoms with van der Waals surface area (Å²) in [6.07, 6.45) is 6.46. The number of H-pyrrole nitrogens is 1. The van der Waals surface area contributed by atoms with Gasteiger partial charge in [-0.05, 0) is 38.1 Å². The predicted molar refractivity (Wildman–Crippen MR) is 77.4 cm³/mol. The van der Waals surface area contributed by atoms with Gasteiger partial charge >= 0.3 is 0 Å². The van der Waals surface area contributed by atoms with Crippen molar-refractivity contribution in [3.8, 4) is 5.75 Å². The molecule has 0 amide bonds. The number of hydrogen-bond donors (Lipinski definition) is 2. The zero-order valence-corrected chi connectivity index (χ0v) is 11.9. The highest BCUT2D eigenvalue weighted by Crippen LogP contribution is 2.27. The van der Waals surface area contributed by atoms with E-state index in [1.165, 1.54) is 32.7 Å². The van der Waals surface area contributed by atoms with Crippen LogP contribution >= 0.6 is 0 Å². The van der Waals surface area contributed by atoms with E-state index in [1.54, 1.807) is 0 Å². The number of piperidine rings is 1. The van der Waals surface area contributed by atoms with Crippen molar-refractivity contribution in [2.24, 2.45) is 5.92 Å². The van der Waals surface area contributed by atoms with E-state index in [9.17, 15) is 4.79 Å². The molecule has 1 atom stereocenters. The molecule has 2 fully saturated rings. The fourth-order valence-electron chi connectivity index (χ4n) is 2.83. The first-order valence-electron chi connectivity index (χ1n) is 7.38. The van der Waals surface area contributed by atoms with Crippen LogP contribution < -0.4 is 20.5 Å².